The van der Waals surface area contributed by atoms with Crippen LogP contribution in [0.4, 0.5) is 0 Å². The molecule has 0 unspecified atom stereocenters. The molecule has 3 aliphatic rings. The number of aliphatic hydroxyl groups is 3. The van der Waals surface area contributed by atoms with Crippen molar-refractivity contribution in [2.24, 2.45) is 16.7 Å². The molecular weight excluding hydrogens is 388 g/mol. The molecule has 1 saturated heterocycles. The summed E-state index contributed by atoms with van der Waals surface area (Å²) in [4.78, 5) is 25.0. The third-order valence-corrected chi connectivity index (χ3v) is 7.08. The molecule has 1 saturated carbocycles. The predicted octanol–water partition coefficient (Wildman–Crippen LogP) is 1.81. The van der Waals surface area contributed by atoms with Crippen molar-refractivity contribution in [3.05, 3.63) is 36.0 Å². The predicted molar refractivity (Wildman–Crippen MR) is 109 cm³/mol. The second-order valence-corrected chi connectivity index (χ2v) is 9.59. The zero-order valence-electron chi connectivity index (χ0n) is 18.0. The van der Waals surface area contributed by atoms with Gasteiger partial charge in [-0.2, -0.15) is 0 Å². The number of fused-ring (bicyclic) bond motifs is 3. The quantitative estimate of drug-likeness (QED) is 0.269. The average molecular weight is 421 g/mol. The summed E-state index contributed by atoms with van der Waals surface area (Å²) in [6, 6.07) is 0. The van der Waals surface area contributed by atoms with Crippen molar-refractivity contribution < 1.29 is 34.4 Å². The molecule has 3 N–H and O–H groups in total. The van der Waals surface area contributed by atoms with Crippen molar-refractivity contribution in [1.82, 2.24) is 0 Å². The van der Waals surface area contributed by atoms with E-state index >= 15 is 0 Å². The molecule has 0 aromatic rings. The molecule has 0 spiro atoms. The normalized spacial score (nSPS) is 37.3. The fraction of sp³-hybridized carbons (Fsp3) is 0.652. The Labute approximate surface area is 177 Å². The molecule has 1 aliphatic heterocycles. The molecule has 166 valence electrons. The monoisotopic (exact) mass is 420 g/mol. The summed E-state index contributed by atoms with van der Waals surface area (Å²) in [5.74, 6) is -1.44. The summed E-state index contributed by atoms with van der Waals surface area (Å²) in [6.07, 6.45) is 7.07. The third-order valence-electron chi connectivity index (χ3n) is 7.08. The van der Waals surface area contributed by atoms with E-state index in [0.717, 1.165) is 12.8 Å². The Hall–Kier alpha value is -1.96. The number of carbonyl (C=O) groups excluding carboxylic acids is 2. The van der Waals surface area contributed by atoms with Gasteiger partial charge in [0.05, 0.1) is 12.2 Å². The summed E-state index contributed by atoms with van der Waals surface area (Å²) in [7, 11) is 0. The van der Waals surface area contributed by atoms with Gasteiger partial charge in [-0.15, -0.1) is 0 Å². The van der Waals surface area contributed by atoms with Crippen molar-refractivity contribution in [1.29, 1.82) is 0 Å². The molecule has 2 aliphatic carbocycles. The van der Waals surface area contributed by atoms with Gasteiger partial charge in [0.1, 0.15) is 12.7 Å². The molecule has 1 heterocycles. The SMILES string of the molecule is C[C@H](O)[C@H](O)/C=C/C=C/C(=O)O[C@@H]1C=C2COC(=O)[C@]2(O)[C@@]2(C)CCCC(C)(C)[C@@H]12. The van der Waals surface area contributed by atoms with Gasteiger partial charge in [0, 0.05) is 23.0 Å². The maximum Gasteiger partial charge on any atom is 0.343 e. The van der Waals surface area contributed by atoms with E-state index in [9.17, 15) is 24.9 Å². The van der Waals surface area contributed by atoms with E-state index in [1.807, 2.05) is 6.92 Å². The third kappa shape index (κ3) is 3.63. The van der Waals surface area contributed by atoms with Gasteiger partial charge in [-0.25, -0.2) is 9.59 Å². The number of ether oxygens (including phenoxy) is 2. The largest absolute Gasteiger partial charge is 0.459 e. The first kappa shape index (κ1) is 22.7. The Kier molecular flexibility index (Phi) is 6.02. The van der Waals surface area contributed by atoms with Gasteiger partial charge in [0.2, 0.25) is 0 Å². The van der Waals surface area contributed by atoms with Gasteiger partial charge in [-0.1, -0.05) is 45.4 Å². The summed E-state index contributed by atoms with van der Waals surface area (Å²) in [5, 5.41) is 30.2. The summed E-state index contributed by atoms with van der Waals surface area (Å²) < 4.78 is 11.0. The topological polar surface area (TPSA) is 113 Å². The minimum Gasteiger partial charge on any atom is -0.459 e. The second-order valence-electron chi connectivity index (χ2n) is 9.59. The number of aliphatic hydroxyl groups excluding tert-OH is 2. The van der Waals surface area contributed by atoms with Crippen LogP contribution in [0.25, 0.3) is 0 Å². The first-order valence-electron chi connectivity index (χ1n) is 10.5. The van der Waals surface area contributed by atoms with E-state index in [1.54, 1.807) is 6.08 Å². The van der Waals surface area contributed by atoms with Crippen LogP contribution in [0.15, 0.2) is 36.0 Å². The maximum atomic E-state index is 12.5. The molecule has 7 heteroatoms. The number of esters is 2. The molecule has 30 heavy (non-hydrogen) atoms. The van der Waals surface area contributed by atoms with Crippen LogP contribution in [0, 0.1) is 16.7 Å². The zero-order valence-corrected chi connectivity index (χ0v) is 18.0. The van der Waals surface area contributed by atoms with Crippen LogP contribution >= 0.6 is 0 Å². The lowest BCUT2D eigenvalue weighted by Gasteiger charge is -2.59. The van der Waals surface area contributed by atoms with Crippen molar-refractivity contribution in [2.75, 3.05) is 6.61 Å². The van der Waals surface area contributed by atoms with Crippen molar-refractivity contribution >= 4 is 11.9 Å². The Morgan fingerprint density at radius 1 is 1.27 bits per heavy atom. The van der Waals surface area contributed by atoms with Gasteiger partial charge in [-0.3, -0.25) is 0 Å². The molecule has 0 amide bonds. The van der Waals surface area contributed by atoms with E-state index in [4.69, 9.17) is 9.47 Å². The molecule has 6 atom stereocenters. The number of hydrogen-bond acceptors (Lipinski definition) is 7. The highest BCUT2D eigenvalue weighted by Crippen LogP contribution is 2.63. The highest BCUT2D eigenvalue weighted by Gasteiger charge is 2.69. The van der Waals surface area contributed by atoms with Gasteiger partial charge >= 0.3 is 11.9 Å². The summed E-state index contributed by atoms with van der Waals surface area (Å²) in [5.41, 5.74) is -2.29. The highest BCUT2D eigenvalue weighted by molar-refractivity contribution is 5.88. The van der Waals surface area contributed by atoms with Gasteiger partial charge < -0.3 is 24.8 Å². The molecule has 7 nitrogen and oxygen atoms in total. The molecular formula is C23H32O7. The van der Waals surface area contributed by atoms with Gasteiger partial charge in [0.25, 0.3) is 0 Å². The van der Waals surface area contributed by atoms with E-state index in [2.05, 4.69) is 13.8 Å². The van der Waals surface area contributed by atoms with Crippen molar-refractivity contribution in [3.8, 4) is 0 Å². The number of rotatable bonds is 5. The molecule has 0 bridgehead atoms. The van der Waals surface area contributed by atoms with Gasteiger partial charge in [0.15, 0.2) is 5.60 Å². The van der Waals surface area contributed by atoms with E-state index in [1.165, 1.54) is 31.2 Å². The Morgan fingerprint density at radius 3 is 2.63 bits per heavy atom. The summed E-state index contributed by atoms with van der Waals surface area (Å²) in [6.45, 7) is 7.52. The van der Waals surface area contributed by atoms with Gasteiger partial charge in [-0.05, 0) is 31.3 Å². The Bertz CT molecular complexity index is 793. The molecule has 2 fully saturated rings. The van der Waals surface area contributed by atoms with Crippen LogP contribution in [0.2, 0.25) is 0 Å². The Morgan fingerprint density at radius 2 is 1.97 bits per heavy atom. The first-order chi connectivity index (χ1) is 13.9. The van der Waals surface area contributed by atoms with Crippen LogP contribution in [-0.4, -0.2) is 57.8 Å². The average Bonchev–Trinajstić information content (AvgIpc) is 2.94. The van der Waals surface area contributed by atoms with Crippen LogP contribution in [-0.2, 0) is 19.1 Å². The fourth-order valence-electron chi connectivity index (χ4n) is 5.59. The lowest BCUT2D eigenvalue weighted by molar-refractivity contribution is -0.194. The van der Waals surface area contributed by atoms with E-state index < -0.39 is 41.3 Å². The van der Waals surface area contributed by atoms with Crippen LogP contribution in [0.3, 0.4) is 0 Å². The molecule has 0 aromatic carbocycles. The Balaban J connectivity index is 1.86. The zero-order chi connectivity index (χ0) is 22.3. The number of carbonyl (C=O) groups is 2. The minimum atomic E-state index is -1.69. The maximum absolute atomic E-state index is 12.5. The standard InChI is InChI=1S/C23H32O7/c1-14(24)16(25)8-5-6-9-18(26)30-17-12-15-13-29-20(27)23(15,28)22(4)11-7-10-21(2,3)19(17)22/h5-6,8-9,12,14,16-17,19,24-25,28H,7,10-11,13H2,1-4H3/b8-5+,9-6+/t14-,16+,17+,19+,22-,23-/m0/s1. The smallest absolute Gasteiger partial charge is 0.343 e. The van der Waals surface area contributed by atoms with Crippen LogP contribution in [0.1, 0.15) is 47.0 Å². The second kappa shape index (κ2) is 7.94. The lowest BCUT2D eigenvalue weighted by atomic mass is 9.46. The molecule has 3 rings (SSSR count). The minimum absolute atomic E-state index is 0.00192. The molecule has 0 aromatic heterocycles. The van der Waals surface area contributed by atoms with Crippen LogP contribution < -0.4 is 0 Å². The lowest BCUT2D eigenvalue weighted by Crippen LogP contribution is -2.65. The number of allylic oxidation sites excluding steroid dienone is 2. The fourth-order valence-corrected chi connectivity index (χ4v) is 5.59. The van der Waals surface area contributed by atoms with Crippen LogP contribution in [0.5, 0.6) is 0 Å². The van der Waals surface area contributed by atoms with E-state index in [0.29, 0.717) is 12.0 Å². The van der Waals surface area contributed by atoms with Crippen molar-refractivity contribution in [2.45, 2.75) is 70.9 Å². The first-order valence-corrected chi connectivity index (χ1v) is 10.5. The highest BCUT2D eigenvalue weighted by atomic mass is 16.6. The van der Waals surface area contributed by atoms with Crippen molar-refractivity contribution in [3.63, 3.8) is 0 Å². The number of hydrogen-bond donors (Lipinski definition) is 3. The van der Waals surface area contributed by atoms with E-state index in [-0.39, 0.29) is 17.9 Å². The molecule has 0 radical (unpaired) electrons. The summed E-state index contributed by atoms with van der Waals surface area (Å²) >= 11 is 0. The number of cyclic esters (lactones) is 1.